The van der Waals surface area contributed by atoms with Crippen LogP contribution >= 0.6 is 0 Å². The molecule has 0 saturated heterocycles. The van der Waals surface area contributed by atoms with Crippen molar-refractivity contribution in [3.8, 4) is 11.8 Å². The van der Waals surface area contributed by atoms with Gasteiger partial charge in [-0.05, 0) is 12.1 Å². The summed E-state index contributed by atoms with van der Waals surface area (Å²) >= 11 is 0. The van der Waals surface area contributed by atoms with Crippen molar-refractivity contribution in [2.45, 2.75) is 6.42 Å². The van der Waals surface area contributed by atoms with Gasteiger partial charge >= 0.3 is 0 Å². The molecule has 21 heavy (non-hydrogen) atoms. The molecule has 6 heteroatoms. The molecule has 2 rings (SSSR count). The number of aromatic amines is 1. The van der Waals surface area contributed by atoms with Gasteiger partial charge in [-0.15, -0.1) is 0 Å². The Morgan fingerprint density at radius 3 is 3.05 bits per heavy atom. The van der Waals surface area contributed by atoms with Crippen LogP contribution in [0.3, 0.4) is 0 Å². The highest BCUT2D eigenvalue weighted by molar-refractivity contribution is 6.03. The molecule has 2 heterocycles. The largest absolute Gasteiger partial charge is 0.395 e. The Bertz CT molecular complexity index is 756. The second-order valence-electron chi connectivity index (χ2n) is 4.08. The highest BCUT2D eigenvalue weighted by atomic mass is 16.2. The van der Waals surface area contributed by atoms with E-state index in [1.807, 2.05) is 0 Å². The molecule has 0 aromatic carbocycles. The minimum absolute atomic E-state index is 0.00153. The summed E-state index contributed by atoms with van der Waals surface area (Å²) in [5.41, 5.74) is 0.303. The van der Waals surface area contributed by atoms with E-state index in [1.165, 1.54) is 24.7 Å². The zero-order valence-electron chi connectivity index (χ0n) is 11.1. The van der Waals surface area contributed by atoms with Crippen LogP contribution in [-0.4, -0.2) is 27.6 Å². The van der Waals surface area contributed by atoms with Gasteiger partial charge in [0.15, 0.2) is 5.43 Å². The fourth-order valence-electron chi connectivity index (χ4n) is 1.57. The molecular weight excluding hydrogens is 270 g/mol. The van der Waals surface area contributed by atoms with E-state index in [9.17, 15) is 9.59 Å². The van der Waals surface area contributed by atoms with Gasteiger partial charge in [-0.3, -0.25) is 9.59 Å². The average molecular weight is 283 g/mol. The number of nitrogens with one attached hydrogen (secondary N) is 2. The Hall–Kier alpha value is -2.91. The quantitative estimate of drug-likeness (QED) is 0.725. The van der Waals surface area contributed by atoms with Crippen LogP contribution in [0.25, 0.3) is 0 Å². The summed E-state index contributed by atoms with van der Waals surface area (Å²) in [6.07, 6.45) is 4.68. The Kier molecular flexibility index (Phi) is 4.85. The fraction of sp³-hybridized carbons (Fsp3) is 0.133. The van der Waals surface area contributed by atoms with E-state index < -0.39 is 5.91 Å². The number of nitrogens with zero attached hydrogens (tertiary/aromatic N) is 1. The number of pyridine rings is 2. The molecule has 0 spiro atoms. The maximum absolute atomic E-state index is 12.0. The maximum Gasteiger partial charge on any atom is 0.262 e. The number of hydrogen-bond donors (Lipinski definition) is 3. The van der Waals surface area contributed by atoms with Crippen molar-refractivity contribution in [1.82, 2.24) is 9.97 Å². The molecule has 0 radical (unpaired) electrons. The first kappa shape index (κ1) is 14.5. The average Bonchev–Trinajstić information content (AvgIpc) is 2.48. The first-order valence-corrected chi connectivity index (χ1v) is 6.25. The predicted molar refractivity (Wildman–Crippen MR) is 77.8 cm³/mol. The van der Waals surface area contributed by atoms with Gasteiger partial charge in [-0.25, -0.2) is 4.98 Å². The van der Waals surface area contributed by atoms with Gasteiger partial charge in [-0.2, -0.15) is 0 Å². The molecule has 2 aromatic rings. The zero-order chi connectivity index (χ0) is 15.1. The van der Waals surface area contributed by atoms with Crippen molar-refractivity contribution < 1.29 is 9.90 Å². The second kappa shape index (κ2) is 7.03. The molecule has 0 saturated carbocycles. The summed E-state index contributed by atoms with van der Waals surface area (Å²) in [4.78, 5) is 30.2. The monoisotopic (exact) mass is 283 g/mol. The number of aliphatic hydroxyl groups excluding tert-OH is 1. The molecule has 2 aromatic heterocycles. The van der Waals surface area contributed by atoms with Gasteiger partial charge < -0.3 is 15.4 Å². The summed E-state index contributed by atoms with van der Waals surface area (Å²) in [7, 11) is 0. The van der Waals surface area contributed by atoms with Crippen LogP contribution in [-0.2, 0) is 0 Å². The predicted octanol–water partition coefficient (Wildman–Crippen LogP) is 0.756. The molecule has 6 nitrogen and oxygen atoms in total. The Morgan fingerprint density at radius 1 is 1.43 bits per heavy atom. The minimum Gasteiger partial charge on any atom is -0.395 e. The van der Waals surface area contributed by atoms with Crippen LogP contribution in [0.1, 0.15) is 22.3 Å². The number of hydrogen-bond acceptors (Lipinski definition) is 4. The number of aliphatic hydroxyl groups is 1. The van der Waals surface area contributed by atoms with Gasteiger partial charge in [0.05, 0.1) is 6.61 Å². The summed E-state index contributed by atoms with van der Waals surface area (Å²) in [6, 6.07) is 4.56. The van der Waals surface area contributed by atoms with Crippen molar-refractivity contribution in [1.29, 1.82) is 0 Å². The number of carbonyl (C=O) groups excluding carboxylic acids is 1. The number of rotatable bonds is 3. The van der Waals surface area contributed by atoms with E-state index in [-0.39, 0.29) is 17.6 Å². The van der Waals surface area contributed by atoms with E-state index in [0.717, 1.165) is 0 Å². The van der Waals surface area contributed by atoms with Crippen LogP contribution in [0, 0.1) is 11.8 Å². The highest BCUT2D eigenvalue weighted by Crippen LogP contribution is 2.07. The van der Waals surface area contributed by atoms with Crippen LogP contribution in [0.5, 0.6) is 0 Å². The van der Waals surface area contributed by atoms with Crippen molar-refractivity contribution in [3.63, 3.8) is 0 Å². The number of anilines is 1. The highest BCUT2D eigenvalue weighted by Gasteiger charge is 2.10. The van der Waals surface area contributed by atoms with Gasteiger partial charge in [-0.1, -0.05) is 11.8 Å². The SMILES string of the molecule is O=C(Nc1cc(C#CCCO)ccn1)c1c[nH]ccc1=O. The molecule has 3 N–H and O–H groups in total. The van der Waals surface area contributed by atoms with Crippen molar-refractivity contribution >= 4 is 11.7 Å². The van der Waals surface area contributed by atoms with Gasteiger partial charge in [0, 0.05) is 36.6 Å². The van der Waals surface area contributed by atoms with Crippen molar-refractivity contribution in [2.24, 2.45) is 0 Å². The third kappa shape index (κ3) is 4.03. The lowest BCUT2D eigenvalue weighted by Gasteiger charge is -2.03. The summed E-state index contributed by atoms with van der Waals surface area (Å²) in [5.74, 6) is 5.39. The maximum atomic E-state index is 12.0. The zero-order valence-corrected chi connectivity index (χ0v) is 11.1. The molecule has 0 fully saturated rings. The summed E-state index contributed by atoms with van der Waals surface area (Å²) in [6.45, 7) is -0.00153. The topological polar surface area (TPSA) is 95.1 Å². The van der Waals surface area contributed by atoms with E-state index in [2.05, 4.69) is 27.1 Å². The Morgan fingerprint density at radius 2 is 2.29 bits per heavy atom. The number of amides is 1. The lowest BCUT2D eigenvalue weighted by Crippen LogP contribution is -2.21. The molecule has 106 valence electrons. The van der Waals surface area contributed by atoms with Crippen molar-refractivity contribution in [2.75, 3.05) is 11.9 Å². The van der Waals surface area contributed by atoms with E-state index in [4.69, 9.17) is 5.11 Å². The van der Waals surface area contributed by atoms with Crippen LogP contribution in [0.4, 0.5) is 5.82 Å². The lowest BCUT2D eigenvalue weighted by atomic mass is 10.2. The Labute approximate surface area is 120 Å². The number of H-pyrrole nitrogens is 1. The van der Waals surface area contributed by atoms with E-state index in [1.54, 1.807) is 12.1 Å². The summed E-state index contributed by atoms with van der Waals surface area (Å²) < 4.78 is 0. The standard InChI is InChI=1S/C15H13N3O3/c19-8-2-1-3-11-4-7-17-14(9-11)18-15(21)12-10-16-6-5-13(12)20/h4-7,9-10,19H,2,8H2,(H,16,20)(H,17,18,21). The van der Waals surface area contributed by atoms with Crippen LogP contribution in [0.15, 0.2) is 41.6 Å². The first-order valence-electron chi connectivity index (χ1n) is 6.25. The van der Waals surface area contributed by atoms with Crippen LogP contribution in [0.2, 0.25) is 0 Å². The molecule has 0 aliphatic heterocycles. The molecule has 0 aliphatic carbocycles. The smallest absolute Gasteiger partial charge is 0.262 e. The molecular formula is C15H13N3O3. The fourth-order valence-corrected chi connectivity index (χ4v) is 1.57. The first-order chi connectivity index (χ1) is 10.2. The third-order valence-electron chi connectivity index (χ3n) is 2.54. The second-order valence-corrected chi connectivity index (χ2v) is 4.08. The van der Waals surface area contributed by atoms with E-state index >= 15 is 0 Å². The number of aromatic nitrogens is 2. The van der Waals surface area contributed by atoms with Crippen LogP contribution < -0.4 is 10.7 Å². The lowest BCUT2D eigenvalue weighted by molar-refractivity contribution is 0.102. The normalized spacial score (nSPS) is 9.57. The molecule has 0 atom stereocenters. The molecule has 0 bridgehead atoms. The van der Waals surface area contributed by atoms with Gasteiger partial charge in [0.1, 0.15) is 11.4 Å². The molecule has 0 aliphatic rings. The van der Waals surface area contributed by atoms with E-state index in [0.29, 0.717) is 17.8 Å². The van der Waals surface area contributed by atoms with Gasteiger partial charge in [0.25, 0.3) is 5.91 Å². The Balaban J connectivity index is 2.15. The van der Waals surface area contributed by atoms with Gasteiger partial charge in [0.2, 0.25) is 0 Å². The summed E-state index contributed by atoms with van der Waals surface area (Å²) in [5, 5.41) is 11.2. The molecule has 1 amide bonds. The minimum atomic E-state index is -0.537. The number of carbonyl (C=O) groups is 1. The third-order valence-corrected chi connectivity index (χ3v) is 2.54. The van der Waals surface area contributed by atoms with Crippen molar-refractivity contribution in [3.05, 3.63) is 58.1 Å². The molecule has 0 unspecified atom stereocenters.